The van der Waals surface area contributed by atoms with Crippen LogP contribution in [0.4, 0.5) is 4.39 Å². The van der Waals surface area contributed by atoms with Crippen LogP contribution in [0.3, 0.4) is 0 Å². The van der Waals surface area contributed by atoms with E-state index in [1.165, 1.54) is 84.0 Å². The van der Waals surface area contributed by atoms with Gasteiger partial charge in [0.25, 0.3) is 12.4 Å². The van der Waals surface area contributed by atoms with E-state index in [2.05, 4.69) is 135 Å². The molecule has 0 saturated carbocycles. The molecule has 0 bridgehead atoms. The Kier molecular flexibility index (Phi) is 32.0. The Labute approximate surface area is 473 Å². The number of likely N-dealkylation sites (N-methyl/N-ethyl adjacent to an activating group) is 1. The number of benzene rings is 4. The summed E-state index contributed by atoms with van der Waals surface area (Å²) in [5.41, 5.74) is 11.6. The third kappa shape index (κ3) is 20.5. The van der Waals surface area contributed by atoms with Gasteiger partial charge in [0.1, 0.15) is 29.8 Å². The number of aldehydes is 1. The van der Waals surface area contributed by atoms with Crippen LogP contribution in [0.1, 0.15) is 160 Å². The van der Waals surface area contributed by atoms with Gasteiger partial charge in [0.15, 0.2) is 6.29 Å². The molecule has 11 nitrogen and oxygen atoms in total. The quantitative estimate of drug-likeness (QED) is 0.0343. The summed E-state index contributed by atoms with van der Waals surface area (Å²) < 4.78 is 25.3. The summed E-state index contributed by atoms with van der Waals surface area (Å²) in [6, 6.07) is 20.0. The minimum Gasteiger partial charge on any atom is -0.493 e. The van der Waals surface area contributed by atoms with Crippen molar-refractivity contribution in [2.24, 2.45) is 10.9 Å². The summed E-state index contributed by atoms with van der Waals surface area (Å²) in [5.74, 6) is 2.71. The van der Waals surface area contributed by atoms with E-state index in [1.54, 1.807) is 48.5 Å². The molecule has 1 unspecified atom stereocenters. The number of amides is 1. The van der Waals surface area contributed by atoms with Crippen molar-refractivity contribution >= 4 is 58.0 Å². The van der Waals surface area contributed by atoms with Crippen molar-refractivity contribution in [2.45, 2.75) is 147 Å². The Morgan fingerprint density at radius 3 is 2.17 bits per heavy atom. The molecule has 78 heavy (non-hydrogen) atoms. The number of allylic oxidation sites excluding steroid dienone is 5. The van der Waals surface area contributed by atoms with Gasteiger partial charge in [0.05, 0.1) is 19.2 Å². The van der Waals surface area contributed by atoms with Crippen LogP contribution in [-0.4, -0.2) is 104 Å². The van der Waals surface area contributed by atoms with Gasteiger partial charge in [0.2, 0.25) is 0 Å². The fraction of sp³-hybridized carbons (Fsp3) is 0.477. The molecule has 428 valence electrons. The summed E-state index contributed by atoms with van der Waals surface area (Å²) in [6.45, 7) is 32.1. The zero-order valence-corrected chi connectivity index (χ0v) is 50.4. The number of rotatable bonds is 22. The smallest absolute Gasteiger partial charge is 0.290 e. The number of amidine groups is 1. The van der Waals surface area contributed by atoms with Crippen molar-refractivity contribution in [3.05, 3.63) is 141 Å². The van der Waals surface area contributed by atoms with Crippen LogP contribution in [0.25, 0.3) is 21.9 Å². The van der Waals surface area contributed by atoms with Gasteiger partial charge in [-0.05, 0) is 169 Å². The van der Waals surface area contributed by atoms with E-state index in [1.807, 2.05) is 18.2 Å². The highest BCUT2D eigenvalue weighted by Gasteiger charge is 2.36. The first kappa shape index (κ1) is 67.9. The highest BCUT2D eigenvalue weighted by atomic mass is 35.5. The number of carboxylic acid groups (broad SMARTS) is 1. The Hall–Kier alpha value is -6.24. The second-order valence-electron chi connectivity index (χ2n) is 20.1. The maximum atomic E-state index is 13.6. The van der Waals surface area contributed by atoms with Crippen LogP contribution in [0.15, 0.2) is 107 Å². The first-order chi connectivity index (χ1) is 37.4. The monoisotopic (exact) mass is 1090 g/mol. The van der Waals surface area contributed by atoms with Gasteiger partial charge in [-0.3, -0.25) is 19.4 Å². The Morgan fingerprint density at radius 2 is 1.59 bits per heavy atom. The van der Waals surface area contributed by atoms with Crippen molar-refractivity contribution < 1.29 is 33.4 Å². The zero-order valence-electron chi connectivity index (χ0n) is 49.7. The van der Waals surface area contributed by atoms with E-state index in [4.69, 9.17) is 31.0 Å². The summed E-state index contributed by atoms with van der Waals surface area (Å²) in [6.07, 6.45) is 14.3. The maximum absolute atomic E-state index is 13.6. The van der Waals surface area contributed by atoms with Gasteiger partial charge in [-0.2, -0.15) is 0 Å². The fourth-order valence-corrected chi connectivity index (χ4v) is 9.97. The number of halogens is 2. The van der Waals surface area contributed by atoms with Crippen molar-refractivity contribution in [1.82, 2.24) is 20.0 Å². The molecular weight excluding hydrogens is 1000 g/mol. The van der Waals surface area contributed by atoms with Crippen LogP contribution in [-0.2, 0) is 16.1 Å². The molecule has 0 saturated heterocycles. The maximum Gasteiger partial charge on any atom is 0.290 e. The summed E-state index contributed by atoms with van der Waals surface area (Å²) in [4.78, 5) is 42.5. The number of fused-ring (bicyclic) bond motifs is 2. The van der Waals surface area contributed by atoms with Crippen LogP contribution in [0.2, 0.25) is 5.02 Å². The van der Waals surface area contributed by atoms with Crippen LogP contribution in [0.5, 0.6) is 11.5 Å². The molecule has 0 aliphatic carbocycles. The number of ether oxygens (including phenoxy) is 2. The molecule has 0 fully saturated rings. The molecule has 2 heterocycles. The minimum atomic E-state index is -0.250. The lowest BCUT2D eigenvalue weighted by Gasteiger charge is -2.29. The van der Waals surface area contributed by atoms with E-state index in [-0.39, 0.29) is 30.8 Å². The largest absolute Gasteiger partial charge is 0.493 e. The zero-order chi connectivity index (χ0) is 58.3. The molecule has 0 spiro atoms. The molecule has 0 radical (unpaired) electrons. The Balaban J connectivity index is 0.000000430. The molecule has 13 heteroatoms. The van der Waals surface area contributed by atoms with Gasteiger partial charge in [-0.25, -0.2) is 4.39 Å². The number of hydrogen-bond acceptors (Lipinski definition) is 8. The molecule has 2 aliphatic heterocycles. The molecule has 6 rings (SSSR count). The van der Waals surface area contributed by atoms with Crippen molar-refractivity contribution in [2.75, 3.05) is 54.0 Å². The number of carbonyl (C=O) groups is 3. The van der Waals surface area contributed by atoms with Gasteiger partial charge in [0, 0.05) is 59.0 Å². The number of carbonyl (C=O) groups excluding carboxylic acids is 2. The van der Waals surface area contributed by atoms with Crippen LogP contribution < -0.4 is 14.8 Å². The average Bonchev–Trinajstić information content (AvgIpc) is 3.80. The Bertz CT molecular complexity index is 2650. The van der Waals surface area contributed by atoms with Crippen LogP contribution in [0, 0.1) is 18.7 Å². The number of nitrogens with zero attached hydrogens (tertiary/aromatic N) is 4. The average molecular weight is 1090 g/mol. The first-order valence-electron chi connectivity index (χ1n) is 27.9. The number of nitrogens with one attached hydrogen (secondary N) is 1. The Morgan fingerprint density at radius 1 is 0.936 bits per heavy atom. The van der Waals surface area contributed by atoms with E-state index in [0.717, 1.165) is 77.2 Å². The molecule has 1 atom stereocenters. The molecule has 4 aromatic rings. The highest BCUT2D eigenvalue weighted by Crippen LogP contribution is 2.41. The fourth-order valence-electron chi connectivity index (χ4n) is 9.67. The summed E-state index contributed by atoms with van der Waals surface area (Å²) in [5, 5.41) is 12.5. The molecule has 0 aromatic heterocycles. The SMILES string of the molecule is C=CNC(=NC)C(CCC)N1Cc2c(OCC=O)cccc2C1=O.CC/C(C)=C(/CCCOc1cccc2cc(F)ccc12)c1ccc(Cl)c(C2=C(C)N(C)CC=C2C)c1C.CCCC(C)C.CCCN(C)CCC.O=CO. The third-order valence-electron chi connectivity index (χ3n) is 13.7. The van der Waals surface area contributed by atoms with E-state index in [9.17, 15) is 14.0 Å². The van der Waals surface area contributed by atoms with Crippen molar-refractivity contribution in [3.8, 4) is 11.5 Å². The standard InChI is InChI=1S/C33H37ClFNO.C18H23N3O3.C7H17N.C6H14.CH2O2/c1-7-21(2)27(11-9-19-37-31-12-8-10-25-20-26(35)13-14-29(25)31)28-15-16-30(34)33(23(28)4)32-22(3)17-18-36(6)24(32)5;1-4-7-15(17(19-3)20-5-2)21-12-14-13(18(21)23)8-6-9-16(14)24-11-10-22;1-4-6-8(3)7-5-2;1-4-5-6(2)3;2-1-3/h8,10,12-17,20H,7,9,11,18-19H2,1-6H3;5-6,8-10,15H,2,4,7,11-12H2,1,3H3,(H,19,20);4-7H2,1-3H3;6H,4-5H2,1-3H3;1H,(H,2,3)/b27-21-;;;;. The lowest BCUT2D eigenvalue weighted by molar-refractivity contribution is -0.122. The lowest BCUT2D eigenvalue weighted by atomic mass is 9.85. The normalized spacial score (nSPS) is 13.6. The van der Waals surface area contributed by atoms with Crippen LogP contribution >= 0.6 is 11.6 Å². The number of aliphatic imine (C=N–C) groups is 1. The topological polar surface area (TPSA) is 124 Å². The second-order valence-corrected chi connectivity index (χ2v) is 20.5. The summed E-state index contributed by atoms with van der Waals surface area (Å²) in [7, 11) is 6.00. The van der Waals surface area contributed by atoms with Gasteiger partial charge >= 0.3 is 0 Å². The van der Waals surface area contributed by atoms with E-state index >= 15 is 0 Å². The number of hydrogen-bond donors (Lipinski definition) is 2. The molecule has 4 aromatic carbocycles. The molecule has 1 amide bonds. The summed E-state index contributed by atoms with van der Waals surface area (Å²) >= 11 is 6.84. The predicted molar refractivity (Wildman–Crippen MR) is 326 cm³/mol. The molecule has 2 aliphatic rings. The van der Waals surface area contributed by atoms with Gasteiger partial charge < -0.3 is 34.6 Å². The third-order valence-corrected chi connectivity index (χ3v) is 14.1. The van der Waals surface area contributed by atoms with Crippen molar-refractivity contribution in [1.29, 1.82) is 0 Å². The van der Waals surface area contributed by atoms with Crippen molar-refractivity contribution in [3.63, 3.8) is 0 Å². The minimum absolute atomic E-state index is 0.0251. The first-order valence-corrected chi connectivity index (χ1v) is 28.3. The highest BCUT2D eigenvalue weighted by molar-refractivity contribution is 6.33. The lowest BCUT2D eigenvalue weighted by Crippen LogP contribution is -2.45. The molecular formula is C65H93ClFN5O6. The predicted octanol–water partition coefficient (Wildman–Crippen LogP) is 15.6. The second kappa shape index (κ2) is 36.8. The van der Waals surface area contributed by atoms with Gasteiger partial charge in [-0.15, -0.1) is 0 Å². The van der Waals surface area contributed by atoms with E-state index < -0.39 is 0 Å². The van der Waals surface area contributed by atoms with Gasteiger partial charge in [-0.1, -0.05) is 122 Å². The van der Waals surface area contributed by atoms with E-state index in [0.29, 0.717) is 36.6 Å². The molecule has 2 N–H and O–H groups in total.